The van der Waals surface area contributed by atoms with Crippen molar-refractivity contribution < 1.29 is 9.90 Å². The van der Waals surface area contributed by atoms with Gasteiger partial charge in [0.2, 0.25) is 0 Å². The molecule has 0 radical (unpaired) electrons. The number of aromatic carboxylic acids is 1. The quantitative estimate of drug-likeness (QED) is 0.515. The number of benzene rings is 3. The van der Waals surface area contributed by atoms with Crippen molar-refractivity contribution in [1.29, 1.82) is 0 Å². The summed E-state index contributed by atoms with van der Waals surface area (Å²) in [6.07, 6.45) is 1.61. The third-order valence-electron chi connectivity index (χ3n) is 4.27. The smallest absolute Gasteiger partial charge is 0.335 e. The van der Waals surface area contributed by atoms with E-state index in [1.807, 2.05) is 24.3 Å². The van der Waals surface area contributed by atoms with Gasteiger partial charge in [0.1, 0.15) is 0 Å². The Morgan fingerprint density at radius 1 is 1.00 bits per heavy atom. The molecule has 0 spiro atoms. The number of hydrogen-bond acceptors (Lipinski definition) is 2. The van der Waals surface area contributed by atoms with Gasteiger partial charge in [-0.1, -0.05) is 41.9 Å². The van der Waals surface area contributed by atoms with Gasteiger partial charge in [-0.3, -0.25) is 4.79 Å². The third kappa shape index (κ3) is 2.57. The van der Waals surface area contributed by atoms with Crippen LogP contribution in [0.2, 0.25) is 5.02 Å². The number of pyridine rings is 1. The molecule has 4 rings (SSSR count). The molecule has 0 amide bonds. The first-order valence-electron chi connectivity index (χ1n) is 7.62. The number of aromatic nitrogens is 1. The minimum atomic E-state index is -0.993. The van der Waals surface area contributed by atoms with E-state index in [2.05, 4.69) is 4.98 Å². The summed E-state index contributed by atoms with van der Waals surface area (Å²) in [5.41, 5.74) is 1.48. The van der Waals surface area contributed by atoms with Crippen LogP contribution in [-0.2, 0) is 0 Å². The molecule has 0 fully saturated rings. The number of aromatic amines is 1. The molecule has 0 unspecified atom stereocenters. The molecule has 1 heterocycles. The SMILES string of the molecule is O=C(O)c1cccc(-c2c[nH]c(=O)c3c2ccc2ccc(Cl)cc23)c1. The first kappa shape index (κ1) is 15.4. The van der Waals surface area contributed by atoms with Crippen molar-refractivity contribution in [2.45, 2.75) is 0 Å². The maximum atomic E-state index is 12.5. The molecule has 122 valence electrons. The predicted octanol–water partition coefficient (Wildman–Crippen LogP) is 4.70. The molecule has 5 heteroatoms. The Morgan fingerprint density at radius 3 is 2.60 bits per heavy atom. The van der Waals surface area contributed by atoms with Gasteiger partial charge in [-0.25, -0.2) is 4.79 Å². The fourth-order valence-corrected chi connectivity index (χ4v) is 3.28. The maximum Gasteiger partial charge on any atom is 0.335 e. The Labute approximate surface area is 147 Å². The maximum absolute atomic E-state index is 12.5. The van der Waals surface area contributed by atoms with Gasteiger partial charge in [0.05, 0.1) is 10.9 Å². The molecule has 0 saturated heterocycles. The minimum absolute atomic E-state index is 0.195. The van der Waals surface area contributed by atoms with Crippen LogP contribution in [0.5, 0.6) is 0 Å². The first-order chi connectivity index (χ1) is 12.0. The second-order valence-corrected chi connectivity index (χ2v) is 6.21. The van der Waals surface area contributed by atoms with E-state index in [9.17, 15) is 14.7 Å². The summed E-state index contributed by atoms with van der Waals surface area (Å²) in [5.74, 6) is -0.993. The highest BCUT2D eigenvalue weighted by Gasteiger charge is 2.12. The molecule has 25 heavy (non-hydrogen) atoms. The highest BCUT2D eigenvalue weighted by Crippen LogP contribution is 2.32. The number of nitrogens with one attached hydrogen (secondary N) is 1. The van der Waals surface area contributed by atoms with Crippen LogP contribution in [0.4, 0.5) is 0 Å². The van der Waals surface area contributed by atoms with Gasteiger partial charge in [0, 0.05) is 16.8 Å². The van der Waals surface area contributed by atoms with Gasteiger partial charge in [0.25, 0.3) is 5.56 Å². The summed E-state index contributed by atoms with van der Waals surface area (Å²) >= 11 is 6.11. The number of hydrogen-bond donors (Lipinski definition) is 2. The Bertz CT molecular complexity index is 1210. The van der Waals surface area contributed by atoms with Crippen molar-refractivity contribution in [2.24, 2.45) is 0 Å². The number of halogens is 1. The first-order valence-corrected chi connectivity index (χ1v) is 8.00. The summed E-state index contributed by atoms with van der Waals surface area (Å²) in [5, 5.41) is 12.7. The zero-order chi connectivity index (χ0) is 17.6. The second-order valence-electron chi connectivity index (χ2n) is 5.77. The van der Waals surface area contributed by atoms with Gasteiger partial charge < -0.3 is 10.1 Å². The normalized spacial score (nSPS) is 11.1. The second kappa shape index (κ2) is 5.76. The lowest BCUT2D eigenvalue weighted by atomic mass is 9.96. The van der Waals surface area contributed by atoms with Crippen LogP contribution in [0.15, 0.2) is 65.6 Å². The lowest BCUT2D eigenvalue weighted by Crippen LogP contribution is -2.07. The molecule has 4 aromatic rings. The van der Waals surface area contributed by atoms with Crippen molar-refractivity contribution in [1.82, 2.24) is 4.98 Å². The molecule has 0 aliphatic carbocycles. The number of fused-ring (bicyclic) bond motifs is 3. The summed E-state index contributed by atoms with van der Waals surface area (Å²) in [4.78, 5) is 26.5. The van der Waals surface area contributed by atoms with E-state index >= 15 is 0 Å². The highest BCUT2D eigenvalue weighted by molar-refractivity contribution is 6.32. The lowest BCUT2D eigenvalue weighted by Gasteiger charge is -2.10. The predicted molar refractivity (Wildman–Crippen MR) is 99.5 cm³/mol. The van der Waals surface area contributed by atoms with Crippen LogP contribution >= 0.6 is 11.6 Å². The zero-order valence-electron chi connectivity index (χ0n) is 12.9. The van der Waals surface area contributed by atoms with Crippen molar-refractivity contribution in [3.8, 4) is 11.1 Å². The van der Waals surface area contributed by atoms with Crippen LogP contribution in [0.1, 0.15) is 10.4 Å². The Kier molecular flexibility index (Phi) is 3.55. The molecule has 0 bridgehead atoms. The number of rotatable bonds is 2. The molecule has 0 saturated carbocycles. The van der Waals surface area contributed by atoms with Gasteiger partial charge in [-0.15, -0.1) is 0 Å². The fraction of sp³-hybridized carbons (Fsp3) is 0. The Morgan fingerprint density at radius 2 is 1.80 bits per heavy atom. The van der Waals surface area contributed by atoms with Crippen LogP contribution in [0, 0.1) is 0 Å². The van der Waals surface area contributed by atoms with E-state index < -0.39 is 5.97 Å². The molecule has 0 aliphatic rings. The van der Waals surface area contributed by atoms with E-state index in [1.54, 1.807) is 30.5 Å². The molecular formula is C20H12ClNO3. The topological polar surface area (TPSA) is 70.2 Å². The van der Waals surface area contributed by atoms with Gasteiger partial charge >= 0.3 is 5.97 Å². The molecule has 0 atom stereocenters. The largest absolute Gasteiger partial charge is 0.478 e. The van der Waals surface area contributed by atoms with Crippen molar-refractivity contribution in [3.63, 3.8) is 0 Å². The van der Waals surface area contributed by atoms with E-state index in [0.717, 1.165) is 27.3 Å². The van der Waals surface area contributed by atoms with Crippen molar-refractivity contribution >= 4 is 39.1 Å². The lowest BCUT2D eigenvalue weighted by molar-refractivity contribution is 0.0697. The molecule has 4 nitrogen and oxygen atoms in total. The Hall–Kier alpha value is -3.11. The van der Waals surface area contributed by atoms with E-state index in [1.165, 1.54) is 6.07 Å². The molecule has 2 N–H and O–H groups in total. The summed E-state index contributed by atoms with van der Waals surface area (Å²) in [6.45, 7) is 0. The molecule has 1 aromatic heterocycles. The summed E-state index contributed by atoms with van der Waals surface area (Å²) < 4.78 is 0. The fourth-order valence-electron chi connectivity index (χ4n) is 3.11. The monoisotopic (exact) mass is 349 g/mol. The van der Waals surface area contributed by atoms with Crippen molar-refractivity contribution in [2.75, 3.05) is 0 Å². The average molecular weight is 350 g/mol. The van der Waals surface area contributed by atoms with Gasteiger partial charge in [0.15, 0.2) is 0 Å². The van der Waals surface area contributed by atoms with Gasteiger partial charge in [-0.05, 0) is 46.0 Å². The molecular weight excluding hydrogens is 338 g/mol. The highest BCUT2D eigenvalue weighted by atomic mass is 35.5. The number of carbonyl (C=O) groups is 1. The molecule has 3 aromatic carbocycles. The van der Waals surface area contributed by atoms with E-state index in [4.69, 9.17) is 11.6 Å². The molecule has 0 aliphatic heterocycles. The standard InChI is InChI=1S/C20H12ClNO3/c21-14-6-4-11-5-7-15-17(10-22-19(23)18(15)16(11)9-14)12-2-1-3-13(8-12)20(24)25/h1-10H,(H,22,23)(H,24,25). The zero-order valence-corrected chi connectivity index (χ0v) is 13.7. The average Bonchev–Trinajstić information content (AvgIpc) is 2.61. The number of carboxylic acid groups (broad SMARTS) is 1. The van der Waals surface area contributed by atoms with Crippen LogP contribution in [-0.4, -0.2) is 16.1 Å². The van der Waals surface area contributed by atoms with Crippen LogP contribution < -0.4 is 5.56 Å². The summed E-state index contributed by atoms with van der Waals surface area (Å²) in [7, 11) is 0. The Balaban J connectivity index is 2.10. The van der Waals surface area contributed by atoms with Gasteiger partial charge in [-0.2, -0.15) is 0 Å². The van der Waals surface area contributed by atoms with E-state index in [-0.39, 0.29) is 11.1 Å². The third-order valence-corrected chi connectivity index (χ3v) is 4.50. The summed E-state index contributed by atoms with van der Waals surface area (Å²) in [6, 6.07) is 15.9. The minimum Gasteiger partial charge on any atom is -0.478 e. The number of H-pyrrole nitrogens is 1. The number of carboxylic acids is 1. The van der Waals surface area contributed by atoms with E-state index in [0.29, 0.717) is 10.4 Å². The van der Waals surface area contributed by atoms with Crippen molar-refractivity contribution in [3.05, 3.63) is 81.7 Å². The van der Waals surface area contributed by atoms with Crippen LogP contribution in [0.3, 0.4) is 0 Å². The van der Waals surface area contributed by atoms with Crippen LogP contribution in [0.25, 0.3) is 32.7 Å².